The van der Waals surface area contributed by atoms with Crippen molar-refractivity contribution >= 4 is 11.9 Å². The second kappa shape index (κ2) is 9.45. The Bertz CT molecular complexity index is 1420. The van der Waals surface area contributed by atoms with Gasteiger partial charge in [0, 0.05) is 17.9 Å². The molecule has 2 heterocycles. The fourth-order valence-electron chi connectivity index (χ4n) is 9.91. The summed E-state index contributed by atoms with van der Waals surface area (Å²) in [4.78, 5) is 27.8. The van der Waals surface area contributed by atoms with Crippen molar-refractivity contribution in [3.63, 3.8) is 0 Å². The maximum absolute atomic E-state index is 14.0. The predicted molar refractivity (Wildman–Crippen MR) is 156 cm³/mol. The van der Waals surface area contributed by atoms with Crippen molar-refractivity contribution in [3.8, 4) is 0 Å². The SMILES string of the molecule is CCCC1C23C=CCCC2(C(=C(O)CCC24C=CC=CC2CCC4)OC3=O)C12OC(=O)c1c(CCCN)cccc12. The van der Waals surface area contributed by atoms with Gasteiger partial charge in [-0.2, -0.15) is 0 Å². The molecule has 6 nitrogen and oxygen atoms in total. The first-order valence-electron chi connectivity index (χ1n) is 15.7. The number of cyclic esters (lactones) is 1. The molecular formula is C35H41NO5. The smallest absolute Gasteiger partial charge is 0.339 e. The van der Waals surface area contributed by atoms with Crippen LogP contribution in [0.25, 0.3) is 0 Å². The first-order chi connectivity index (χ1) is 19.9. The first-order valence-corrected chi connectivity index (χ1v) is 15.7. The summed E-state index contributed by atoms with van der Waals surface area (Å²) >= 11 is 0. The summed E-state index contributed by atoms with van der Waals surface area (Å²) in [7, 11) is 0. The Balaban J connectivity index is 1.37. The number of hydrogen-bond acceptors (Lipinski definition) is 6. The summed E-state index contributed by atoms with van der Waals surface area (Å²) in [6.45, 7) is 2.64. The topological polar surface area (TPSA) is 98.9 Å². The van der Waals surface area contributed by atoms with Gasteiger partial charge in [-0.3, -0.25) is 4.79 Å². The van der Waals surface area contributed by atoms with E-state index in [4.69, 9.17) is 15.2 Å². The molecule has 6 unspecified atom stereocenters. The second-order valence-electron chi connectivity index (χ2n) is 13.1. The van der Waals surface area contributed by atoms with Gasteiger partial charge in [-0.1, -0.05) is 74.4 Å². The number of aliphatic hydroxyl groups excluding tert-OH is 1. The van der Waals surface area contributed by atoms with E-state index in [2.05, 4.69) is 37.3 Å². The number of carbonyl (C=O) groups is 2. The van der Waals surface area contributed by atoms with E-state index in [1.54, 1.807) is 0 Å². The van der Waals surface area contributed by atoms with Gasteiger partial charge in [0.15, 0.2) is 11.4 Å². The van der Waals surface area contributed by atoms with E-state index in [-0.39, 0.29) is 29.0 Å². The number of rotatable bonds is 8. The van der Waals surface area contributed by atoms with Gasteiger partial charge in [0.2, 0.25) is 0 Å². The van der Waals surface area contributed by atoms with Gasteiger partial charge in [0.1, 0.15) is 11.2 Å². The van der Waals surface area contributed by atoms with Crippen molar-refractivity contribution < 1.29 is 24.2 Å². The molecule has 6 aliphatic rings. The molecule has 2 saturated carbocycles. The summed E-state index contributed by atoms with van der Waals surface area (Å²) < 4.78 is 12.8. The Morgan fingerprint density at radius 1 is 1.17 bits per heavy atom. The second-order valence-corrected chi connectivity index (χ2v) is 13.1. The van der Waals surface area contributed by atoms with Gasteiger partial charge < -0.3 is 20.3 Å². The van der Waals surface area contributed by atoms with E-state index in [1.807, 2.05) is 24.3 Å². The summed E-state index contributed by atoms with van der Waals surface area (Å²) in [5.41, 5.74) is 5.28. The standard InChI is InChI=1S/C35H41NO5/c1-2-10-27-33-19-5-6-20-34(33,35(27)25-15-7-11-23(12-9-22-36)28(25)30(38)41-35)29(40-31(33)39)26(37)16-21-32-17-4-3-13-24(32)14-8-18-32/h3-5,7,11,13,15,17,19,24,27,37H,2,6,8-10,12,14,16,18,20-22,36H2,1H3. The normalized spacial score (nSPS) is 38.7. The fourth-order valence-corrected chi connectivity index (χ4v) is 9.91. The van der Waals surface area contributed by atoms with Crippen LogP contribution in [0, 0.1) is 28.1 Å². The number of benzene rings is 1. The van der Waals surface area contributed by atoms with Crippen LogP contribution in [0.1, 0.15) is 92.6 Å². The summed E-state index contributed by atoms with van der Waals surface area (Å²) in [6.07, 6.45) is 21.9. The van der Waals surface area contributed by atoms with Crippen LogP contribution in [0.15, 0.2) is 66.2 Å². The molecule has 1 aromatic carbocycles. The molecule has 3 N–H and O–H groups in total. The zero-order chi connectivity index (χ0) is 28.5. The highest BCUT2D eigenvalue weighted by Crippen LogP contribution is 2.84. The number of fused-ring (bicyclic) bond motifs is 3. The van der Waals surface area contributed by atoms with Gasteiger partial charge in [-0.25, -0.2) is 4.79 Å². The minimum absolute atomic E-state index is 0.0273. The molecule has 6 heteroatoms. The highest BCUT2D eigenvalue weighted by Gasteiger charge is 2.91. The van der Waals surface area contributed by atoms with Crippen LogP contribution < -0.4 is 5.73 Å². The zero-order valence-electron chi connectivity index (χ0n) is 24.0. The van der Waals surface area contributed by atoms with Gasteiger partial charge in [-0.05, 0) is 74.8 Å². The van der Waals surface area contributed by atoms with E-state index in [0.717, 1.165) is 49.7 Å². The molecule has 1 aromatic rings. The van der Waals surface area contributed by atoms with E-state index in [0.29, 0.717) is 49.5 Å². The van der Waals surface area contributed by atoms with Crippen LogP contribution in [-0.4, -0.2) is 23.6 Å². The first kappa shape index (κ1) is 26.8. The third kappa shape index (κ3) is 3.17. The lowest BCUT2D eigenvalue weighted by atomic mass is 9.32. The number of allylic oxidation sites excluding steroid dienone is 6. The van der Waals surface area contributed by atoms with Crippen molar-refractivity contribution in [1.29, 1.82) is 0 Å². The number of ether oxygens (including phenoxy) is 2. The lowest BCUT2D eigenvalue weighted by Gasteiger charge is -2.68. The molecule has 7 rings (SSSR count). The predicted octanol–water partition coefficient (Wildman–Crippen LogP) is 6.72. The molecule has 0 bridgehead atoms. The van der Waals surface area contributed by atoms with Crippen molar-refractivity contribution in [2.45, 2.75) is 83.2 Å². The van der Waals surface area contributed by atoms with Crippen molar-refractivity contribution in [2.75, 3.05) is 6.54 Å². The van der Waals surface area contributed by atoms with Crippen LogP contribution in [-0.2, 0) is 26.3 Å². The van der Waals surface area contributed by atoms with E-state index in [9.17, 15) is 14.7 Å². The molecule has 0 radical (unpaired) electrons. The minimum Gasteiger partial charge on any atom is -0.509 e. The average molecular weight is 556 g/mol. The molecule has 1 spiro atoms. The van der Waals surface area contributed by atoms with Crippen LogP contribution in [0.5, 0.6) is 0 Å². The minimum atomic E-state index is -1.06. The fraction of sp³-hybridized carbons (Fsp3) is 0.543. The summed E-state index contributed by atoms with van der Waals surface area (Å²) in [6, 6.07) is 5.99. The Kier molecular flexibility index (Phi) is 6.17. The van der Waals surface area contributed by atoms with Gasteiger partial charge >= 0.3 is 11.9 Å². The largest absolute Gasteiger partial charge is 0.509 e. The molecule has 216 valence electrons. The van der Waals surface area contributed by atoms with E-state index in [1.165, 1.54) is 6.42 Å². The molecule has 0 amide bonds. The lowest BCUT2D eigenvalue weighted by molar-refractivity contribution is -0.271. The number of esters is 2. The van der Waals surface area contributed by atoms with E-state index < -0.39 is 16.4 Å². The zero-order valence-corrected chi connectivity index (χ0v) is 24.0. The monoisotopic (exact) mass is 555 g/mol. The number of aliphatic hydroxyl groups is 1. The molecule has 41 heavy (non-hydrogen) atoms. The average Bonchev–Trinajstić information content (AvgIpc) is 3.63. The Morgan fingerprint density at radius 3 is 2.88 bits per heavy atom. The number of nitrogens with two attached hydrogens (primary N) is 1. The number of aryl methyl sites for hydroxylation is 1. The van der Waals surface area contributed by atoms with Crippen LogP contribution in [0.2, 0.25) is 0 Å². The molecule has 0 aromatic heterocycles. The third-order valence-electron chi connectivity index (χ3n) is 11.5. The lowest BCUT2D eigenvalue weighted by Crippen LogP contribution is -2.75. The summed E-state index contributed by atoms with van der Waals surface area (Å²) in [5.74, 6) is 0.0278. The van der Waals surface area contributed by atoms with Crippen molar-refractivity contribution in [1.82, 2.24) is 0 Å². The maximum Gasteiger partial charge on any atom is 0.339 e. The van der Waals surface area contributed by atoms with Gasteiger partial charge in [0.25, 0.3) is 0 Å². The van der Waals surface area contributed by atoms with Crippen LogP contribution in [0.3, 0.4) is 0 Å². The Hall–Kier alpha value is -3.12. The third-order valence-corrected chi connectivity index (χ3v) is 11.5. The maximum atomic E-state index is 14.0. The van der Waals surface area contributed by atoms with Crippen molar-refractivity contribution in [3.05, 3.63) is 82.9 Å². The van der Waals surface area contributed by atoms with Gasteiger partial charge in [-0.15, -0.1) is 0 Å². The van der Waals surface area contributed by atoms with E-state index >= 15 is 0 Å². The Labute approximate surface area is 242 Å². The van der Waals surface area contributed by atoms with Crippen molar-refractivity contribution in [2.24, 2.45) is 33.8 Å². The Morgan fingerprint density at radius 2 is 2.05 bits per heavy atom. The molecule has 1 saturated heterocycles. The quantitative estimate of drug-likeness (QED) is 0.210. The molecule has 4 aliphatic carbocycles. The highest BCUT2D eigenvalue weighted by atomic mass is 16.6. The molecular weight excluding hydrogens is 514 g/mol. The molecule has 2 aliphatic heterocycles. The number of carbonyl (C=O) groups excluding carboxylic acids is 2. The van der Waals surface area contributed by atoms with Gasteiger partial charge in [0.05, 0.1) is 11.0 Å². The summed E-state index contributed by atoms with van der Waals surface area (Å²) in [5, 5.41) is 11.9. The number of hydrogen-bond donors (Lipinski definition) is 2. The highest BCUT2D eigenvalue weighted by molar-refractivity contribution is 5.99. The van der Waals surface area contributed by atoms with Crippen LogP contribution in [0.4, 0.5) is 0 Å². The molecule has 3 fully saturated rings. The van der Waals surface area contributed by atoms with Crippen LogP contribution >= 0.6 is 0 Å². The molecule has 6 atom stereocenters.